The number of aryl methyl sites for hydroxylation is 1. The van der Waals surface area contributed by atoms with Crippen molar-refractivity contribution in [3.63, 3.8) is 0 Å². The molecule has 0 spiro atoms. The molecular formula is C17H15N3O2S. The first-order valence-electron chi connectivity index (χ1n) is 7.00. The number of benzene rings is 2. The highest BCUT2D eigenvalue weighted by Gasteiger charge is 2.09. The Kier molecular flexibility index (Phi) is 4.16. The van der Waals surface area contributed by atoms with Crippen molar-refractivity contribution in [3.05, 3.63) is 64.0 Å². The van der Waals surface area contributed by atoms with Gasteiger partial charge in [-0.15, -0.1) is 0 Å². The summed E-state index contributed by atoms with van der Waals surface area (Å²) in [5, 5.41) is 7.80. The largest absolute Gasteiger partial charge is 0.403 e. The fourth-order valence-corrected chi connectivity index (χ4v) is 2.73. The molecule has 0 amide bonds. The zero-order valence-corrected chi connectivity index (χ0v) is 13.3. The van der Waals surface area contributed by atoms with E-state index in [4.69, 9.17) is 15.6 Å². The van der Waals surface area contributed by atoms with Gasteiger partial charge < -0.3 is 10.2 Å². The van der Waals surface area contributed by atoms with E-state index >= 15 is 0 Å². The third kappa shape index (κ3) is 3.43. The molecule has 0 aliphatic heterocycles. The Balaban J connectivity index is 1.95. The molecule has 5 nitrogen and oxygen atoms in total. The monoisotopic (exact) mass is 325 g/mol. The number of nitrogens with one attached hydrogen (secondary N) is 1. The van der Waals surface area contributed by atoms with Gasteiger partial charge >= 0.3 is 5.63 Å². The van der Waals surface area contributed by atoms with Gasteiger partial charge in [0.15, 0.2) is 5.17 Å². The zero-order chi connectivity index (χ0) is 16.4. The number of thioether (sulfide) groups is 1. The van der Waals surface area contributed by atoms with Crippen molar-refractivity contribution in [1.82, 2.24) is 4.98 Å². The molecule has 0 atom stereocenters. The molecule has 3 rings (SSSR count). The number of fused-ring (bicyclic) bond motifs is 1. The SMILES string of the molecule is Cc1ccc2nc(-c3ccc(CSC(=N)N)cc3)oc(=O)c2c1. The lowest BCUT2D eigenvalue weighted by molar-refractivity contribution is 0.518. The van der Waals surface area contributed by atoms with E-state index in [-0.39, 0.29) is 10.8 Å². The van der Waals surface area contributed by atoms with Crippen LogP contribution in [0, 0.1) is 12.3 Å². The summed E-state index contributed by atoms with van der Waals surface area (Å²) in [6.07, 6.45) is 0. The van der Waals surface area contributed by atoms with Gasteiger partial charge in [0, 0.05) is 11.3 Å². The lowest BCUT2D eigenvalue weighted by Gasteiger charge is -2.04. The third-order valence-corrected chi connectivity index (χ3v) is 4.17. The van der Waals surface area contributed by atoms with Crippen molar-refractivity contribution in [3.8, 4) is 11.5 Å². The highest BCUT2D eigenvalue weighted by Crippen LogP contribution is 2.21. The fraction of sp³-hybridized carbons (Fsp3) is 0.118. The van der Waals surface area contributed by atoms with Gasteiger partial charge in [0.1, 0.15) is 0 Å². The summed E-state index contributed by atoms with van der Waals surface area (Å²) in [4.78, 5) is 16.5. The second-order valence-corrected chi connectivity index (χ2v) is 6.19. The summed E-state index contributed by atoms with van der Waals surface area (Å²) in [5.41, 5.74) is 8.33. The smallest absolute Gasteiger partial charge is 0.347 e. The molecule has 0 saturated heterocycles. The summed E-state index contributed by atoms with van der Waals surface area (Å²) < 4.78 is 5.34. The first kappa shape index (κ1) is 15.3. The maximum Gasteiger partial charge on any atom is 0.347 e. The molecule has 0 saturated carbocycles. The predicted molar refractivity (Wildman–Crippen MR) is 93.7 cm³/mol. The molecule has 0 radical (unpaired) electrons. The lowest BCUT2D eigenvalue weighted by atomic mass is 10.1. The predicted octanol–water partition coefficient (Wildman–Crippen LogP) is 3.29. The van der Waals surface area contributed by atoms with Crippen LogP contribution in [0.25, 0.3) is 22.4 Å². The molecule has 3 N–H and O–H groups in total. The Bertz CT molecular complexity index is 933. The summed E-state index contributed by atoms with van der Waals surface area (Å²) in [6.45, 7) is 1.92. The Hall–Kier alpha value is -2.60. The van der Waals surface area contributed by atoms with E-state index in [1.165, 1.54) is 11.8 Å². The Morgan fingerprint density at radius 1 is 1.26 bits per heavy atom. The number of nitrogens with zero attached hydrogens (tertiary/aromatic N) is 1. The van der Waals surface area contributed by atoms with Crippen LogP contribution in [0.1, 0.15) is 11.1 Å². The molecule has 2 aromatic carbocycles. The average Bonchev–Trinajstić information content (AvgIpc) is 2.54. The van der Waals surface area contributed by atoms with Crippen LogP contribution in [-0.2, 0) is 5.75 Å². The summed E-state index contributed by atoms with van der Waals surface area (Å²) >= 11 is 1.26. The number of amidine groups is 1. The first-order chi connectivity index (χ1) is 11.0. The van der Waals surface area contributed by atoms with Crippen molar-refractivity contribution in [1.29, 1.82) is 5.41 Å². The van der Waals surface area contributed by atoms with Crippen molar-refractivity contribution < 1.29 is 4.42 Å². The lowest BCUT2D eigenvalue weighted by Crippen LogP contribution is -2.04. The van der Waals surface area contributed by atoms with Gasteiger partial charge in [-0.1, -0.05) is 35.5 Å². The van der Waals surface area contributed by atoms with E-state index < -0.39 is 0 Å². The molecule has 1 aromatic heterocycles. The Morgan fingerprint density at radius 3 is 2.70 bits per heavy atom. The molecule has 0 fully saturated rings. The third-order valence-electron chi connectivity index (χ3n) is 3.38. The molecule has 0 aliphatic rings. The van der Waals surface area contributed by atoms with Crippen LogP contribution in [0.4, 0.5) is 0 Å². The molecule has 0 aliphatic carbocycles. The number of hydrogen-bond donors (Lipinski definition) is 2. The summed E-state index contributed by atoms with van der Waals surface area (Å²) in [6, 6.07) is 13.0. The molecule has 0 bridgehead atoms. The molecule has 3 aromatic rings. The Morgan fingerprint density at radius 2 is 2.00 bits per heavy atom. The summed E-state index contributed by atoms with van der Waals surface area (Å²) in [7, 11) is 0. The minimum absolute atomic E-state index is 0.0894. The maximum atomic E-state index is 12.1. The van der Waals surface area contributed by atoms with Crippen LogP contribution in [-0.4, -0.2) is 10.2 Å². The molecule has 23 heavy (non-hydrogen) atoms. The van der Waals surface area contributed by atoms with Crippen LogP contribution in [0.5, 0.6) is 0 Å². The maximum absolute atomic E-state index is 12.1. The van der Waals surface area contributed by atoms with Crippen molar-refractivity contribution in [2.24, 2.45) is 5.73 Å². The van der Waals surface area contributed by atoms with Crippen LogP contribution < -0.4 is 11.4 Å². The number of rotatable bonds is 3. The van der Waals surface area contributed by atoms with Gasteiger partial charge in [-0.05, 0) is 36.8 Å². The molecular weight excluding hydrogens is 310 g/mol. The van der Waals surface area contributed by atoms with Crippen molar-refractivity contribution in [2.45, 2.75) is 12.7 Å². The second kappa shape index (κ2) is 6.26. The van der Waals surface area contributed by atoms with Crippen LogP contribution in [0.2, 0.25) is 0 Å². The number of hydrogen-bond acceptors (Lipinski definition) is 5. The minimum Gasteiger partial charge on any atom is -0.403 e. The average molecular weight is 325 g/mol. The Labute approximate surface area is 137 Å². The number of nitrogens with two attached hydrogens (primary N) is 1. The van der Waals surface area contributed by atoms with E-state index in [2.05, 4.69) is 4.98 Å². The molecule has 1 heterocycles. The molecule has 116 valence electrons. The van der Waals surface area contributed by atoms with Gasteiger partial charge in [0.05, 0.1) is 10.9 Å². The second-order valence-electron chi connectivity index (χ2n) is 5.18. The van der Waals surface area contributed by atoms with E-state index in [1.807, 2.05) is 43.3 Å². The highest BCUT2D eigenvalue weighted by atomic mass is 32.2. The first-order valence-corrected chi connectivity index (χ1v) is 7.99. The van der Waals surface area contributed by atoms with Crippen LogP contribution >= 0.6 is 11.8 Å². The standard InChI is InChI=1S/C17H15N3O2S/c1-10-2-7-14-13(8-10)16(21)22-15(20-14)12-5-3-11(4-6-12)9-23-17(18)19/h2-8H,9H2,1H3,(H3,18,19). The fourth-order valence-electron chi connectivity index (χ4n) is 2.21. The zero-order valence-electron chi connectivity index (χ0n) is 12.5. The van der Waals surface area contributed by atoms with Gasteiger partial charge in [-0.25, -0.2) is 9.78 Å². The van der Waals surface area contributed by atoms with Crippen molar-refractivity contribution in [2.75, 3.05) is 0 Å². The van der Waals surface area contributed by atoms with Gasteiger partial charge in [-0.2, -0.15) is 0 Å². The minimum atomic E-state index is -0.384. The summed E-state index contributed by atoms with van der Waals surface area (Å²) in [5.74, 6) is 0.932. The van der Waals surface area contributed by atoms with E-state index in [1.54, 1.807) is 6.07 Å². The molecule has 0 unspecified atom stereocenters. The van der Waals surface area contributed by atoms with Gasteiger partial charge in [0.2, 0.25) is 5.89 Å². The normalized spacial score (nSPS) is 10.8. The van der Waals surface area contributed by atoms with Crippen LogP contribution in [0.3, 0.4) is 0 Å². The topological polar surface area (TPSA) is 93.0 Å². The van der Waals surface area contributed by atoms with E-state index in [0.717, 1.165) is 16.7 Å². The number of aromatic nitrogens is 1. The quantitative estimate of drug-likeness (QED) is 0.569. The van der Waals surface area contributed by atoms with E-state index in [9.17, 15) is 4.79 Å². The molecule has 6 heteroatoms. The van der Waals surface area contributed by atoms with Crippen LogP contribution in [0.15, 0.2) is 51.7 Å². The van der Waals surface area contributed by atoms with Gasteiger partial charge in [0.25, 0.3) is 0 Å². The van der Waals surface area contributed by atoms with Crippen molar-refractivity contribution >= 4 is 27.8 Å². The van der Waals surface area contributed by atoms with Gasteiger partial charge in [-0.3, -0.25) is 5.41 Å². The van der Waals surface area contributed by atoms with E-state index in [0.29, 0.717) is 22.5 Å². The highest BCUT2D eigenvalue weighted by molar-refractivity contribution is 8.13.